The van der Waals surface area contributed by atoms with Crippen molar-refractivity contribution < 1.29 is 29.4 Å². The van der Waals surface area contributed by atoms with Crippen molar-refractivity contribution in [3.05, 3.63) is 124 Å². The lowest BCUT2D eigenvalue weighted by atomic mass is 9.82. The molecule has 1 unspecified atom stereocenters. The zero-order valence-corrected chi connectivity index (χ0v) is 19.3. The van der Waals surface area contributed by atoms with E-state index in [4.69, 9.17) is 0 Å². The summed E-state index contributed by atoms with van der Waals surface area (Å²) >= 11 is 0. The number of para-hydroxylation sites is 1. The second-order valence-electron chi connectivity index (χ2n) is 8.63. The minimum absolute atomic E-state index is 0.0101. The number of aromatic amines is 1. The molecule has 1 aliphatic carbocycles. The molecule has 0 saturated carbocycles. The number of aromatic hydroxyl groups is 1. The Morgan fingerprint density at radius 3 is 2.22 bits per heavy atom. The number of carbonyl (C=O) groups excluding carboxylic acids is 3. The molecule has 3 N–H and O–H groups in total. The Hall–Kier alpha value is -5.11. The number of carbonyl (C=O) groups is 4. The third-order valence-electron chi connectivity index (χ3n) is 6.31. The minimum atomic E-state index is -1.27. The van der Waals surface area contributed by atoms with Gasteiger partial charge < -0.3 is 15.2 Å². The summed E-state index contributed by atoms with van der Waals surface area (Å²) in [6.45, 7) is 0. The van der Waals surface area contributed by atoms with Crippen LogP contribution in [-0.4, -0.2) is 43.5 Å². The topological polar surface area (TPSA) is 137 Å². The summed E-state index contributed by atoms with van der Waals surface area (Å²) in [7, 11) is 0. The van der Waals surface area contributed by atoms with Gasteiger partial charge in [-0.2, -0.15) is 0 Å². The van der Waals surface area contributed by atoms with Crippen molar-refractivity contribution in [2.24, 2.45) is 0 Å². The van der Waals surface area contributed by atoms with E-state index in [0.717, 1.165) is 0 Å². The van der Waals surface area contributed by atoms with E-state index in [1.165, 1.54) is 24.4 Å². The quantitative estimate of drug-likeness (QED) is 0.290. The first-order valence-corrected chi connectivity index (χ1v) is 11.4. The third-order valence-corrected chi connectivity index (χ3v) is 6.31. The molecule has 1 heterocycles. The fraction of sp³-hybridized carbons (Fsp3) is 0.0690. The van der Waals surface area contributed by atoms with Gasteiger partial charge in [0, 0.05) is 39.7 Å². The van der Waals surface area contributed by atoms with Crippen LogP contribution in [0, 0.1) is 0 Å². The molecule has 1 aromatic heterocycles. The standard InChI is InChI=1S/C29H20N2O6/c32-24-8-4-1-5-17(24)10-12-25(33)22(23-15-30-28(31-23)29(36)37)14-16-9-11-20-21(13-16)27(35)19-7-3-2-6-18(19)26(20)34/h1-13,15,22,32H,14H2,(H,30,31)(H,36,37)/b12-10+. The van der Waals surface area contributed by atoms with Crippen molar-refractivity contribution >= 4 is 29.4 Å². The number of nitrogens with one attached hydrogen (secondary N) is 1. The molecule has 0 spiro atoms. The first kappa shape index (κ1) is 23.6. The first-order valence-electron chi connectivity index (χ1n) is 11.4. The number of imidazole rings is 1. The van der Waals surface area contributed by atoms with E-state index in [1.54, 1.807) is 60.7 Å². The molecule has 3 aromatic carbocycles. The molecule has 0 bridgehead atoms. The Balaban J connectivity index is 1.50. The molecule has 1 aliphatic rings. The summed E-state index contributed by atoms with van der Waals surface area (Å²) < 4.78 is 0. The van der Waals surface area contributed by atoms with Gasteiger partial charge in [-0.3, -0.25) is 14.4 Å². The second-order valence-corrected chi connectivity index (χ2v) is 8.63. The maximum atomic E-state index is 13.3. The zero-order chi connectivity index (χ0) is 26.1. The molecule has 8 nitrogen and oxygen atoms in total. The SMILES string of the molecule is O=C(O)c1ncc(C(Cc2ccc3c(c2)C(=O)c2ccccc2C3=O)C(=O)/C=C/c2ccccc2O)[nH]1. The van der Waals surface area contributed by atoms with Gasteiger partial charge in [0.25, 0.3) is 0 Å². The van der Waals surface area contributed by atoms with Crippen LogP contribution in [0.15, 0.2) is 79.0 Å². The zero-order valence-electron chi connectivity index (χ0n) is 19.3. The van der Waals surface area contributed by atoms with Crippen LogP contribution in [0.1, 0.15) is 65.2 Å². The number of rotatable bonds is 7. The molecule has 37 heavy (non-hydrogen) atoms. The number of ketones is 3. The highest BCUT2D eigenvalue weighted by molar-refractivity contribution is 6.28. The van der Waals surface area contributed by atoms with Gasteiger partial charge in [0.1, 0.15) is 5.75 Å². The minimum Gasteiger partial charge on any atom is -0.507 e. The van der Waals surface area contributed by atoms with Crippen molar-refractivity contribution in [3.8, 4) is 5.75 Å². The highest BCUT2D eigenvalue weighted by atomic mass is 16.4. The Morgan fingerprint density at radius 1 is 0.892 bits per heavy atom. The van der Waals surface area contributed by atoms with Crippen LogP contribution >= 0.6 is 0 Å². The highest BCUT2D eigenvalue weighted by Crippen LogP contribution is 2.30. The van der Waals surface area contributed by atoms with Gasteiger partial charge in [-0.05, 0) is 36.3 Å². The van der Waals surface area contributed by atoms with Gasteiger partial charge >= 0.3 is 5.97 Å². The molecule has 0 saturated heterocycles. The van der Waals surface area contributed by atoms with E-state index in [-0.39, 0.29) is 46.6 Å². The first-order chi connectivity index (χ1) is 17.8. The van der Waals surface area contributed by atoms with E-state index in [9.17, 15) is 29.4 Å². The number of aromatic nitrogens is 2. The summed E-state index contributed by atoms with van der Waals surface area (Å²) in [5, 5.41) is 19.3. The van der Waals surface area contributed by atoms with Gasteiger partial charge in [-0.15, -0.1) is 0 Å². The number of hydrogen-bond acceptors (Lipinski definition) is 6. The molecule has 0 fully saturated rings. The number of H-pyrrole nitrogens is 1. The maximum Gasteiger partial charge on any atom is 0.371 e. The summed E-state index contributed by atoms with van der Waals surface area (Å²) in [6, 6.07) is 18.0. The van der Waals surface area contributed by atoms with E-state index >= 15 is 0 Å². The Morgan fingerprint density at radius 2 is 1.54 bits per heavy atom. The van der Waals surface area contributed by atoms with Gasteiger partial charge in [-0.25, -0.2) is 9.78 Å². The van der Waals surface area contributed by atoms with Crippen LogP contribution in [0.3, 0.4) is 0 Å². The molecular weight excluding hydrogens is 472 g/mol. The van der Waals surface area contributed by atoms with Crippen molar-refractivity contribution in [1.82, 2.24) is 9.97 Å². The largest absolute Gasteiger partial charge is 0.507 e. The molecule has 8 heteroatoms. The Bertz CT molecular complexity index is 1610. The Kier molecular flexibility index (Phi) is 6.07. The summed E-state index contributed by atoms with van der Waals surface area (Å²) in [5.41, 5.74) is 2.58. The average molecular weight is 492 g/mol. The maximum absolute atomic E-state index is 13.3. The van der Waals surface area contributed by atoms with Crippen LogP contribution in [0.5, 0.6) is 5.75 Å². The summed E-state index contributed by atoms with van der Waals surface area (Å²) in [5.74, 6) is -3.30. The van der Waals surface area contributed by atoms with Crippen LogP contribution < -0.4 is 0 Å². The molecule has 5 rings (SSSR count). The normalized spacial score (nSPS) is 13.3. The molecule has 182 valence electrons. The lowest BCUT2D eigenvalue weighted by Crippen LogP contribution is -2.21. The number of fused-ring (bicyclic) bond motifs is 2. The summed E-state index contributed by atoms with van der Waals surface area (Å²) in [4.78, 5) is 57.2. The van der Waals surface area contributed by atoms with E-state index in [0.29, 0.717) is 27.8 Å². The number of aromatic carboxylic acids is 1. The predicted molar refractivity (Wildman–Crippen MR) is 134 cm³/mol. The van der Waals surface area contributed by atoms with E-state index in [2.05, 4.69) is 9.97 Å². The van der Waals surface area contributed by atoms with E-state index in [1.807, 2.05) is 0 Å². The van der Waals surface area contributed by atoms with Crippen LogP contribution in [0.2, 0.25) is 0 Å². The number of benzene rings is 3. The predicted octanol–water partition coefficient (Wildman–Crippen LogP) is 4.20. The number of allylic oxidation sites excluding steroid dienone is 1. The molecule has 1 atom stereocenters. The summed E-state index contributed by atoms with van der Waals surface area (Å²) in [6.07, 6.45) is 4.19. The Labute approximate surface area is 210 Å². The highest BCUT2D eigenvalue weighted by Gasteiger charge is 2.30. The van der Waals surface area contributed by atoms with Crippen molar-refractivity contribution in [2.45, 2.75) is 12.3 Å². The van der Waals surface area contributed by atoms with Crippen molar-refractivity contribution in [2.75, 3.05) is 0 Å². The van der Waals surface area contributed by atoms with E-state index < -0.39 is 11.9 Å². The van der Waals surface area contributed by atoms with Crippen molar-refractivity contribution in [1.29, 1.82) is 0 Å². The van der Waals surface area contributed by atoms with Gasteiger partial charge in [-0.1, -0.05) is 54.6 Å². The number of phenols is 1. The lowest BCUT2D eigenvalue weighted by Gasteiger charge is -2.19. The van der Waals surface area contributed by atoms with Crippen LogP contribution in [-0.2, 0) is 11.2 Å². The average Bonchev–Trinajstić information content (AvgIpc) is 3.40. The van der Waals surface area contributed by atoms with Gasteiger partial charge in [0.2, 0.25) is 5.82 Å². The molecular formula is C29H20N2O6. The van der Waals surface area contributed by atoms with Gasteiger partial charge in [0.15, 0.2) is 17.3 Å². The smallest absolute Gasteiger partial charge is 0.371 e. The third kappa shape index (κ3) is 4.48. The number of carboxylic acid groups (broad SMARTS) is 1. The van der Waals surface area contributed by atoms with Crippen molar-refractivity contribution in [3.63, 3.8) is 0 Å². The monoisotopic (exact) mass is 492 g/mol. The fourth-order valence-corrected chi connectivity index (χ4v) is 4.41. The fourth-order valence-electron chi connectivity index (χ4n) is 4.41. The molecule has 0 radical (unpaired) electrons. The lowest BCUT2D eigenvalue weighted by molar-refractivity contribution is -0.116. The molecule has 0 amide bonds. The second kappa shape index (κ2) is 9.50. The molecule has 0 aliphatic heterocycles. The number of hydrogen-bond donors (Lipinski definition) is 3. The van der Waals surface area contributed by atoms with Crippen LogP contribution in [0.4, 0.5) is 0 Å². The van der Waals surface area contributed by atoms with Crippen LogP contribution in [0.25, 0.3) is 6.08 Å². The molecule has 4 aromatic rings. The number of phenolic OH excluding ortho intramolecular Hbond substituents is 1. The number of carboxylic acids is 1. The number of nitrogens with zero attached hydrogens (tertiary/aromatic N) is 1. The van der Waals surface area contributed by atoms with Gasteiger partial charge in [0.05, 0.1) is 5.92 Å².